The highest BCUT2D eigenvalue weighted by molar-refractivity contribution is 9.10. The van der Waals surface area contributed by atoms with Crippen LogP contribution in [0.15, 0.2) is 95.6 Å². The molecule has 0 fully saturated rings. The minimum absolute atomic E-state index is 0.418. The van der Waals surface area contributed by atoms with Crippen LogP contribution in [0.2, 0.25) is 0 Å². The number of nitrogens with one attached hydrogen (secondary N) is 1. The van der Waals surface area contributed by atoms with Crippen molar-refractivity contribution < 1.29 is 10.0 Å². The molecule has 4 aromatic rings. The summed E-state index contributed by atoms with van der Waals surface area (Å²) in [5.74, 6) is -0.514. The van der Waals surface area contributed by atoms with Crippen molar-refractivity contribution in [2.24, 2.45) is 0 Å². The molecule has 0 atom stereocenters. The predicted molar refractivity (Wildman–Crippen MR) is 118 cm³/mol. The van der Waals surface area contributed by atoms with E-state index in [1.54, 1.807) is 17.6 Å². The second-order valence-corrected chi connectivity index (χ2v) is 7.67. The van der Waals surface area contributed by atoms with Gasteiger partial charge >= 0.3 is 0 Å². The van der Waals surface area contributed by atoms with Crippen molar-refractivity contribution in [1.29, 1.82) is 0 Å². The number of aromatic nitrogens is 1. The Bertz CT molecular complexity index is 1140. The molecule has 0 aliphatic rings. The van der Waals surface area contributed by atoms with E-state index in [0.717, 1.165) is 32.4 Å². The SMILES string of the molecule is O=C(NO)c1ccc(Cn2cc(-c3cccc(Br)c3)cc2-c2ccccc2)cc1. The maximum atomic E-state index is 11.5. The number of amides is 1. The molecule has 0 saturated carbocycles. The van der Waals surface area contributed by atoms with Crippen LogP contribution in [0.1, 0.15) is 15.9 Å². The first-order valence-corrected chi connectivity index (χ1v) is 9.98. The molecule has 4 nitrogen and oxygen atoms in total. The molecule has 144 valence electrons. The molecule has 2 N–H and O–H groups in total. The van der Waals surface area contributed by atoms with Crippen LogP contribution in [0, 0.1) is 0 Å². The lowest BCUT2D eigenvalue weighted by Gasteiger charge is -2.10. The van der Waals surface area contributed by atoms with Crippen molar-refractivity contribution in [3.05, 3.63) is 107 Å². The summed E-state index contributed by atoms with van der Waals surface area (Å²) in [6, 6.07) is 28.0. The van der Waals surface area contributed by atoms with Crippen molar-refractivity contribution in [2.75, 3.05) is 0 Å². The Labute approximate surface area is 177 Å². The van der Waals surface area contributed by atoms with Crippen LogP contribution in [0.5, 0.6) is 0 Å². The fourth-order valence-corrected chi connectivity index (χ4v) is 3.74. The van der Waals surface area contributed by atoms with Gasteiger partial charge in [0.05, 0.1) is 0 Å². The Morgan fingerprint density at radius 2 is 1.59 bits per heavy atom. The first kappa shape index (κ1) is 19.2. The van der Waals surface area contributed by atoms with Gasteiger partial charge in [0.2, 0.25) is 0 Å². The maximum absolute atomic E-state index is 11.5. The third-order valence-corrected chi connectivity index (χ3v) is 5.29. The first-order valence-electron chi connectivity index (χ1n) is 9.19. The average Bonchev–Trinajstić information content (AvgIpc) is 3.18. The normalized spacial score (nSPS) is 10.7. The molecule has 0 bridgehead atoms. The molecule has 29 heavy (non-hydrogen) atoms. The summed E-state index contributed by atoms with van der Waals surface area (Å²) in [6.07, 6.45) is 2.15. The van der Waals surface area contributed by atoms with E-state index in [1.807, 2.05) is 42.5 Å². The monoisotopic (exact) mass is 446 g/mol. The minimum atomic E-state index is -0.514. The van der Waals surface area contributed by atoms with E-state index in [0.29, 0.717) is 12.1 Å². The van der Waals surface area contributed by atoms with Crippen molar-refractivity contribution in [1.82, 2.24) is 10.0 Å². The number of carbonyl (C=O) groups excluding carboxylic acids is 1. The van der Waals surface area contributed by atoms with Gasteiger partial charge in [0, 0.05) is 34.0 Å². The van der Waals surface area contributed by atoms with Gasteiger partial charge in [-0.2, -0.15) is 0 Å². The molecule has 1 amide bonds. The van der Waals surface area contributed by atoms with E-state index in [9.17, 15) is 4.79 Å². The number of hydroxylamine groups is 1. The Morgan fingerprint density at radius 3 is 2.28 bits per heavy atom. The van der Waals surface area contributed by atoms with Crippen LogP contribution in [0.3, 0.4) is 0 Å². The molecule has 4 rings (SSSR count). The standard InChI is InChI=1S/C24H19BrN2O2/c25-22-8-4-7-20(13-22)21-14-23(18-5-2-1-3-6-18)27(16-21)15-17-9-11-19(12-10-17)24(28)26-29/h1-14,16,29H,15H2,(H,26,28). The van der Waals surface area contributed by atoms with Crippen LogP contribution in [0.4, 0.5) is 0 Å². The zero-order valence-electron chi connectivity index (χ0n) is 15.5. The van der Waals surface area contributed by atoms with Crippen molar-refractivity contribution >= 4 is 21.8 Å². The highest BCUT2D eigenvalue weighted by Crippen LogP contribution is 2.30. The molecule has 0 radical (unpaired) electrons. The second kappa shape index (κ2) is 8.47. The summed E-state index contributed by atoms with van der Waals surface area (Å²) in [5, 5.41) is 8.78. The van der Waals surface area contributed by atoms with Gasteiger partial charge in [-0.1, -0.05) is 70.5 Å². The molecule has 0 saturated heterocycles. The van der Waals surface area contributed by atoms with E-state index in [4.69, 9.17) is 5.21 Å². The van der Waals surface area contributed by atoms with E-state index < -0.39 is 5.91 Å². The number of benzene rings is 3. The van der Waals surface area contributed by atoms with Crippen molar-refractivity contribution in [3.63, 3.8) is 0 Å². The van der Waals surface area contributed by atoms with E-state index >= 15 is 0 Å². The highest BCUT2D eigenvalue weighted by atomic mass is 79.9. The topological polar surface area (TPSA) is 54.3 Å². The molecular weight excluding hydrogens is 428 g/mol. The third-order valence-electron chi connectivity index (χ3n) is 4.79. The van der Waals surface area contributed by atoms with Gasteiger partial charge in [-0.3, -0.25) is 10.0 Å². The lowest BCUT2D eigenvalue weighted by atomic mass is 10.1. The van der Waals surface area contributed by atoms with Crippen LogP contribution >= 0.6 is 15.9 Å². The molecular formula is C24H19BrN2O2. The number of carbonyl (C=O) groups is 1. The summed E-state index contributed by atoms with van der Waals surface area (Å²) in [6.45, 7) is 0.666. The lowest BCUT2D eigenvalue weighted by Crippen LogP contribution is -2.18. The molecule has 3 aromatic carbocycles. The lowest BCUT2D eigenvalue weighted by molar-refractivity contribution is 0.0706. The highest BCUT2D eigenvalue weighted by Gasteiger charge is 2.11. The molecule has 1 aromatic heterocycles. The van der Waals surface area contributed by atoms with Crippen molar-refractivity contribution in [2.45, 2.75) is 6.54 Å². The Balaban J connectivity index is 1.72. The number of nitrogens with zero attached hydrogens (tertiary/aromatic N) is 1. The summed E-state index contributed by atoms with van der Waals surface area (Å²) in [7, 11) is 0. The molecule has 0 aliphatic carbocycles. The van der Waals surface area contributed by atoms with Crippen LogP contribution in [-0.2, 0) is 6.54 Å². The maximum Gasteiger partial charge on any atom is 0.274 e. The van der Waals surface area contributed by atoms with Gasteiger partial charge in [-0.25, -0.2) is 5.48 Å². The van der Waals surface area contributed by atoms with Gasteiger partial charge in [-0.15, -0.1) is 0 Å². The largest absolute Gasteiger partial charge is 0.342 e. The van der Waals surface area contributed by atoms with E-state index in [2.05, 4.69) is 57.0 Å². The third kappa shape index (κ3) is 4.31. The van der Waals surface area contributed by atoms with Crippen LogP contribution in [0.25, 0.3) is 22.4 Å². The Hall–Kier alpha value is -3.15. The molecule has 0 spiro atoms. The number of hydrogen-bond donors (Lipinski definition) is 2. The molecule has 5 heteroatoms. The van der Waals surface area contributed by atoms with Gasteiger partial charge in [0.25, 0.3) is 5.91 Å². The molecule has 1 heterocycles. The summed E-state index contributed by atoms with van der Waals surface area (Å²) < 4.78 is 3.26. The van der Waals surface area contributed by atoms with Gasteiger partial charge < -0.3 is 4.57 Å². The van der Waals surface area contributed by atoms with E-state index in [1.165, 1.54) is 0 Å². The first-order chi connectivity index (χ1) is 14.1. The predicted octanol–water partition coefficient (Wildman–Crippen LogP) is 5.75. The van der Waals surface area contributed by atoms with E-state index in [-0.39, 0.29) is 0 Å². The average molecular weight is 447 g/mol. The summed E-state index contributed by atoms with van der Waals surface area (Å²) in [4.78, 5) is 11.5. The second-order valence-electron chi connectivity index (χ2n) is 6.76. The summed E-state index contributed by atoms with van der Waals surface area (Å²) in [5.41, 5.74) is 7.69. The Kier molecular flexibility index (Phi) is 5.60. The molecule has 0 aliphatic heterocycles. The van der Waals surface area contributed by atoms with Crippen LogP contribution in [-0.4, -0.2) is 15.7 Å². The number of rotatable bonds is 5. The summed E-state index contributed by atoms with van der Waals surface area (Å²) >= 11 is 3.55. The number of hydrogen-bond acceptors (Lipinski definition) is 2. The fourth-order valence-electron chi connectivity index (χ4n) is 3.34. The number of halogens is 1. The van der Waals surface area contributed by atoms with Crippen LogP contribution < -0.4 is 5.48 Å². The van der Waals surface area contributed by atoms with Gasteiger partial charge in [0.1, 0.15) is 0 Å². The zero-order chi connectivity index (χ0) is 20.2. The molecule has 0 unspecified atom stereocenters. The quantitative estimate of drug-likeness (QED) is 0.302. The van der Waals surface area contributed by atoms with Crippen molar-refractivity contribution in [3.8, 4) is 22.4 Å². The van der Waals surface area contributed by atoms with Gasteiger partial charge in [0.15, 0.2) is 0 Å². The smallest absolute Gasteiger partial charge is 0.274 e. The zero-order valence-corrected chi connectivity index (χ0v) is 17.1. The van der Waals surface area contributed by atoms with Gasteiger partial charge in [-0.05, 0) is 47.0 Å². The minimum Gasteiger partial charge on any atom is -0.342 e. The fraction of sp³-hybridized carbons (Fsp3) is 0.0417. The Morgan fingerprint density at radius 1 is 0.862 bits per heavy atom.